The maximum atomic E-state index is 12.6. The van der Waals surface area contributed by atoms with Gasteiger partial charge in [0, 0.05) is 7.05 Å². The number of amides is 1. The zero-order chi connectivity index (χ0) is 20.3. The Morgan fingerprint density at radius 2 is 1.86 bits per heavy atom. The highest BCUT2D eigenvalue weighted by Gasteiger charge is 2.30. The summed E-state index contributed by atoms with van der Waals surface area (Å²) >= 11 is 1.31. The van der Waals surface area contributed by atoms with E-state index in [1.807, 2.05) is 31.2 Å². The zero-order valence-electron chi connectivity index (χ0n) is 16.1. The van der Waals surface area contributed by atoms with Crippen LogP contribution < -0.4 is 4.74 Å². The van der Waals surface area contributed by atoms with Gasteiger partial charge in [-0.25, -0.2) is 9.79 Å². The number of hydrogen-bond acceptors (Lipinski definition) is 6. The minimum absolute atomic E-state index is 0.108. The van der Waals surface area contributed by atoms with Crippen molar-refractivity contribution in [3.63, 3.8) is 0 Å². The monoisotopic (exact) mass is 396 g/mol. The molecule has 0 N–H and O–H groups in total. The van der Waals surface area contributed by atoms with Crippen molar-refractivity contribution in [3.05, 3.63) is 64.1 Å². The summed E-state index contributed by atoms with van der Waals surface area (Å²) in [6.07, 6.45) is 1.85. The SMILES string of the molecule is COC(=O)c1ccc(N=C2S/C(=C/c3ccc(OC)c(C)c3)C(=O)N2C)cc1. The average molecular weight is 396 g/mol. The van der Waals surface area contributed by atoms with Gasteiger partial charge in [0.05, 0.1) is 30.4 Å². The molecule has 0 unspecified atom stereocenters. The first-order valence-corrected chi connectivity index (χ1v) is 9.34. The van der Waals surface area contributed by atoms with Crippen LogP contribution in [0.3, 0.4) is 0 Å². The van der Waals surface area contributed by atoms with Gasteiger partial charge < -0.3 is 9.47 Å². The van der Waals surface area contributed by atoms with Crippen molar-refractivity contribution >= 4 is 40.6 Å². The Hall–Kier alpha value is -3.06. The smallest absolute Gasteiger partial charge is 0.337 e. The lowest BCUT2D eigenvalue weighted by molar-refractivity contribution is -0.121. The Morgan fingerprint density at radius 3 is 2.46 bits per heavy atom. The van der Waals surface area contributed by atoms with Crippen LogP contribution in [0.15, 0.2) is 52.4 Å². The lowest BCUT2D eigenvalue weighted by Crippen LogP contribution is -2.23. The second-order valence-electron chi connectivity index (χ2n) is 6.14. The Balaban J connectivity index is 1.83. The van der Waals surface area contributed by atoms with E-state index in [2.05, 4.69) is 9.73 Å². The lowest BCUT2D eigenvalue weighted by atomic mass is 10.1. The fraction of sp³-hybridized carbons (Fsp3) is 0.190. The number of likely N-dealkylation sites (N-methyl/N-ethyl adjacent to an activating group) is 1. The molecule has 0 spiro atoms. The molecule has 2 aromatic rings. The largest absolute Gasteiger partial charge is 0.496 e. The molecule has 6 nitrogen and oxygen atoms in total. The number of carbonyl (C=O) groups excluding carboxylic acids is 2. The minimum Gasteiger partial charge on any atom is -0.496 e. The lowest BCUT2D eigenvalue weighted by Gasteiger charge is -2.07. The first-order valence-electron chi connectivity index (χ1n) is 8.52. The second-order valence-corrected chi connectivity index (χ2v) is 7.15. The quantitative estimate of drug-likeness (QED) is 0.577. The normalized spacial score (nSPS) is 16.7. The summed E-state index contributed by atoms with van der Waals surface area (Å²) in [5.41, 5.74) is 3.02. The van der Waals surface area contributed by atoms with Crippen LogP contribution in [0.5, 0.6) is 5.75 Å². The van der Waals surface area contributed by atoms with Crippen LogP contribution in [-0.4, -0.2) is 43.2 Å². The van der Waals surface area contributed by atoms with Gasteiger partial charge in [-0.1, -0.05) is 6.07 Å². The van der Waals surface area contributed by atoms with Crippen LogP contribution >= 0.6 is 11.8 Å². The average Bonchev–Trinajstić information content (AvgIpc) is 2.96. The fourth-order valence-electron chi connectivity index (χ4n) is 2.69. The molecule has 144 valence electrons. The number of carbonyl (C=O) groups is 2. The van der Waals surface area contributed by atoms with Crippen LogP contribution in [0.4, 0.5) is 5.69 Å². The third-order valence-electron chi connectivity index (χ3n) is 4.23. The summed E-state index contributed by atoms with van der Waals surface area (Å²) < 4.78 is 9.96. The van der Waals surface area contributed by atoms with Crippen LogP contribution in [0.1, 0.15) is 21.5 Å². The van der Waals surface area contributed by atoms with Crippen LogP contribution in [0, 0.1) is 6.92 Å². The van der Waals surface area contributed by atoms with Crippen LogP contribution in [-0.2, 0) is 9.53 Å². The molecular weight excluding hydrogens is 376 g/mol. The van der Waals surface area contributed by atoms with Gasteiger partial charge in [0.25, 0.3) is 5.91 Å². The molecule has 1 amide bonds. The van der Waals surface area contributed by atoms with E-state index in [-0.39, 0.29) is 5.91 Å². The molecule has 0 radical (unpaired) electrons. The summed E-state index contributed by atoms with van der Waals surface area (Å²) in [6, 6.07) is 12.5. The van der Waals surface area contributed by atoms with E-state index < -0.39 is 5.97 Å². The van der Waals surface area contributed by atoms with Gasteiger partial charge in [-0.15, -0.1) is 0 Å². The van der Waals surface area contributed by atoms with E-state index >= 15 is 0 Å². The van der Waals surface area contributed by atoms with Crippen molar-refractivity contribution in [1.82, 2.24) is 4.90 Å². The van der Waals surface area contributed by atoms with Crippen molar-refractivity contribution in [2.75, 3.05) is 21.3 Å². The van der Waals surface area contributed by atoms with Crippen molar-refractivity contribution in [3.8, 4) is 5.75 Å². The summed E-state index contributed by atoms with van der Waals surface area (Å²) in [6.45, 7) is 1.96. The molecular formula is C21H20N2O4S. The Labute approximate surface area is 167 Å². The number of methoxy groups -OCH3 is 2. The van der Waals surface area contributed by atoms with Gasteiger partial charge in [0.1, 0.15) is 5.75 Å². The number of benzene rings is 2. The first-order chi connectivity index (χ1) is 13.4. The maximum Gasteiger partial charge on any atom is 0.337 e. The highest BCUT2D eigenvalue weighted by atomic mass is 32.2. The minimum atomic E-state index is -0.401. The highest BCUT2D eigenvalue weighted by Crippen LogP contribution is 2.33. The van der Waals surface area contributed by atoms with Crippen LogP contribution in [0.2, 0.25) is 0 Å². The number of rotatable bonds is 4. The van der Waals surface area contributed by atoms with E-state index in [9.17, 15) is 9.59 Å². The molecule has 0 bridgehead atoms. The molecule has 1 saturated heterocycles. The van der Waals surface area contributed by atoms with Crippen molar-refractivity contribution < 1.29 is 19.1 Å². The molecule has 3 rings (SSSR count). The number of nitrogens with zero attached hydrogens (tertiary/aromatic N) is 2. The third-order valence-corrected chi connectivity index (χ3v) is 5.29. The summed E-state index contributed by atoms with van der Waals surface area (Å²) in [7, 11) is 4.66. The molecule has 1 aliphatic heterocycles. The predicted octanol–water partition coefficient (Wildman–Crippen LogP) is 4.02. The molecule has 28 heavy (non-hydrogen) atoms. The molecule has 1 fully saturated rings. The third kappa shape index (κ3) is 4.09. The number of esters is 1. The number of thioether (sulfide) groups is 1. The summed E-state index contributed by atoms with van der Waals surface area (Å²) in [5.74, 6) is 0.299. The number of hydrogen-bond donors (Lipinski definition) is 0. The van der Waals surface area contributed by atoms with Crippen LogP contribution in [0.25, 0.3) is 6.08 Å². The van der Waals surface area contributed by atoms with Gasteiger partial charge in [-0.3, -0.25) is 9.69 Å². The van der Waals surface area contributed by atoms with Gasteiger partial charge in [0.15, 0.2) is 5.17 Å². The van der Waals surface area contributed by atoms with E-state index in [1.54, 1.807) is 38.4 Å². The number of aryl methyl sites for hydroxylation is 1. The zero-order valence-corrected chi connectivity index (χ0v) is 16.9. The van der Waals surface area contributed by atoms with Gasteiger partial charge in [-0.2, -0.15) is 0 Å². The molecule has 7 heteroatoms. The van der Waals surface area contributed by atoms with E-state index in [4.69, 9.17) is 4.74 Å². The van der Waals surface area contributed by atoms with Gasteiger partial charge >= 0.3 is 5.97 Å². The van der Waals surface area contributed by atoms with Gasteiger partial charge in [0.2, 0.25) is 0 Å². The molecule has 0 aromatic heterocycles. The molecule has 1 heterocycles. The first kappa shape index (κ1) is 19.7. The Morgan fingerprint density at radius 1 is 1.14 bits per heavy atom. The van der Waals surface area contributed by atoms with Crippen molar-refractivity contribution in [1.29, 1.82) is 0 Å². The number of amidine groups is 1. The molecule has 2 aromatic carbocycles. The predicted molar refractivity (Wildman–Crippen MR) is 111 cm³/mol. The molecule has 0 atom stereocenters. The number of ether oxygens (including phenoxy) is 2. The van der Waals surface area contributed by atoms with E-state index in [0.29, 0.717) is 21.3 Å². The van der Waals surface area contributed by atoms with E-state index in [1.165, 1.54) is 23.8 Å². The summed E-state index contributed by atoms with van der Waals surface area (Å²) in [4.78, 5) is 30.7. The maximum absolute atomic E-state index is 12.6. The molecule has 0 aliphatic carbocycles. The Bertz CT molecular complexity index is 980. The van der Waals surface area contributed by atoms with Gasteiger partial charge in [-0.05, 0) is 72.3 Å². The topological polar surface area (TPSA) is 68.2 Å². The van der Waals surface area contributed by atoms with Crippen molar-refractivity contribution in [2.24, 2.45) is 4.99 Å². The molecule has 1 aliphatic rings. The second kappa shape index (κ2) is 8.31. The highest BCUT2D eigenvalue weighted by molar-refractivity contribution is 8.18. The summed E-state index contributed by atoms with van der Waals surface area (Å²) in [5, 5.41) is 0.576. The molecule has 0 saturated carbocycles. The Kier molecular flexibility index (Phi) is 5.84. The fourth-order valence-corrected chi connectivity index (χ4v) is 3.68. The standard InChI is InChI=1S/C21H20N2O4S/c1-13-11-14(5-10-17(13)26-3)12-18-19(24)23(2)21(28-18)22-16-8-6-15(7-9-16)20(25)27-4/h5-12H,1-4H3/b18-12+,22-21?. The van der Waals surface area contributed by atoms with Crippen molar-refractivity contribution in [2.45, 2.75) is 6.92 Å². The number of aliphatic imine (C=N–C) groups is 1. The van der Waals surface area contributed by atoms with E-state index in [0.717, 1.165) is 16.9 Å².